The molecule has 1 unspecified atom stereocenters. The van der Waals surface area contributed by atoms with E-state index in [1.165, 1.54) is 11.3 Å². The molecule has 1 aliphatic rings. The molecule has 5 rings (SSSR count). The molecule has 7 nitrogen and oxygen atoms in total. The number of carbonyl (C=O) groups is 2. The molecule has 196 valence electrons. The Kier molecular flexibility index (Phi) is 7.38. The van der Waals surface area contributed by atoms with Crippen molar-refractivity contribution in [3.05, 3.63) is 132 Å². The van der Waals surface area contributed by atoms with Crippen molar-refractivity contribution in [1.82, 2.24) is 4.57 Å². The Morgan fingerprint density at radius 1 is 0.974 bits per heavy atom. The predicted octanol–water partition coefficient (Wildman–Crippen LogP) is 4.33. The summed E-state index contributed by atoms with van der Waals surface area (Å²) in [5, 5.41) is 0. The van der Waals surface area contributed by atoms with Gasteiger partial charge in [-0.15, -0.1) is 0 Å². The van der Waals surface area contributed by atoms with Crippen LogP contribution in [0.5, 0.6) is 5.75 Å². The summed E-state index contributed by atoms with van der Waals surface area (Å²) in [6.07, 6.45) is 1.77. The lowest BCUT2D eigenvalue weighted by molar-refractivity contribution is -0.139. The Morgan fingerprint density at radius 3 is 2.41 bits per heavy atom. The lowest BCUT2D eigenvalue weighted by Gasteiger charge is -2.24. The van der Waals surface area contributed by atoms with Crippen LogP contribution in [0.15, 0.2) is 99.9 Å². The molecule has 0 radical (unpaired) electrons. The molecule has 4 aromatic rings. The number of fused-ring (bicyclic) bond motifs is 1. The first kappa shape index (κ1) is 26.1. The number of aryl methyl sites for hydroxylation is 1. The van der Waals surface area contributed by atoms with E-state index in [0.29, 0.717) is 31.9 Å². The SMILES string of the molecule is CCOC(=O)C1=C(C)N=c2s/c(=C/c3ccc(OC(=O)c4cccc(C)c4)cc3)c(=O)n2C1c1ccccc1. The minimum Gasteiger partial charge on any atom is -0.463 e. The van der Waals surface area contributed by atoms with Gasteiger partial charge < -0.3 is 9.47 Å². The zero-order valence-corrected chi connectivity index (χ0v) is 22.5. The summed E-state index contributed by atoms with van der Waals surface area (Å²) in [6, 6.07) is 22.9. The van der Waals surface area contributed by atoms with E-state index in [9.17, 15) is 14.4 Å². The molecule has 2 heterocycles. The largest absolute Gasteiger partial charge is 0.463 e. The van der Waals surface area contributed by atoms with E-state index < -0.39 is 18.0 Å². The number of esters is 2. The second-order valence-corrected chi connectivity index (χ2v) is 10.1. The van der Waals surface area contributed by atoms with E-state index in [4.69, 9.17) is 9.47 Å². The predicted molar refractivity (Wildman–Crippen MR) is 149 cm³/mol. The van der Waals surface area contributed by atoms with Crippen LogP contribution >= 0.6 is 11.3 Å². The molecule has 1 atom stereocenters. The third-order valence-electron chi connectivity index (χ3n) is 6.27. The fraction of sp³-hybridized carbons (Fsp3) is 0.161. The van der Waals surface area contributed by atoms with Gasteiger partial charge in [-0.1, -0.05) is 71.5 Å². The summed E-state index contributed by atoms with van der Waals surface area (Å²) in [6.45, 7) is 5.64. The van der Waals surface area contributed by atoms with Crippen LogP contribution in [-0.4, -0.2) is 23.1 Å². The monoisotopic (exact) mass is 538 g/mol. The van der Waals surface area contributed by atoms with E-state index in [1.54, 1.807) is 60.9 Å². The van der Waals surface area contributed by atoms with Crippen molar-refractivity contribution in [2.45, 2.75) is 26.8 Å². The van der Waals surface area contributed by atoms with Gasteiger partial charge >= 0.3 is 11.9 Å². The number of hydrogen-bond acceptors (Lipinski definition) is 7. The summed E-state index contributed by atoms with van der Waals surface area (Å²) in [7, 11) is 0. The first-order valence-corrected chi connectivity index (χ1v) is 13.3. The van der Waals surface area contributed by atoms with Gasteiger partial charge in [0.1, 0.15) is 5.75 Å². The highest BCUT2D eigenvalue weighted by molar-refractivity contribution is 7.07. The molecule has 3 aromatic carbocycles. The van der Waals surface area contributed by atoms with Gasteiger partial charge in [0.05, 0.1) is 34.0 Å². The smallest absolute Gasteiger partial charge is 0.343 e. The van der Waals surface area contributed by atoms with Crippen LogP contribution in [0.2, 0.25) is 0 Å². The van der Waals surface area contributed by atoms with Crippen LogP contribution in [0, 0.1) is 6.92 Å². The standard InChI is InChI=1S/C31H26N2O5S/c1-4-37-30(36)26-20(3)32-31-33(27(26)22-10-6-5-7-11-22)28(34)25(39-31)18-21-13-15-24(16-14-21)38-29(35)23-12-8-9-19(2)17-23/h5-18,27H,4H2,1-3H3/b25-18+. The van der Waals surface area contributed by atoms with Crippen molar-refractivity contribution in [2.75, 3.05) is 6.61 Å². The van der Waals surface area contributed by atoms with Crippen LogP contribution in [0.4, 0.5) is 0 Å². The maximum Gasteiger partial charge on any atom is 0.343 e. The van der Waals surface area contributed by atoms with Gasteiger partial charge in [-0.2, -0.15) is 0 Å². The number of thiazole rings is 1. The number of benzene rings is 3. The molecule has 8 heteroatoms. The molecule has 0 N–H and O–H groups in total. The number of hydrogen-bond donors (Lipinski definition) is 0. The van der Waals surface area contributed by atoms with Gasteiger partial charge in [-0.05, 0) is 62.2 Å². The summed E-state index contributed by atoms with van der Waals surface area (Å²) in [5.74, 6) is -0.523. The third kappa shape index (κ3) is 5.37. The molecule has 0 aliphatic carbocycles. The van der Waals surface area contributed by atoms with Gasteiger partial charge in [-0.3, -0.25) is 9.36 Å². The first-order valence-electron chi connectivity index (χ1n) is 12.5. The van der Waals surface area contributed by atoms with Crippen molar-refractivity contribution in [2.24, 2.45) is 4.99 Å². The van der Waals surface area contributed by atoms with E-state index in [2.05, 4.69) is 4.99 Å². The summed E-state index contributed by atoms with van der Waals surface area (Å²) in [4.78, 5) is 44.2. The molecule has 0 amide bonds. The highest BCUT2D eigenvalue weighted by atomic mass is 32.1. The third-order valence-corrected chi connectivity index (χ3v) is 7.26. The number of carbonyl (C=O) groups excluding carboxylic acids is 2. The summed E-state index contributed by atoms with van der Waals surface area (Å²) >= 11 is 1.26. The maximum absolute atomic E-state index is 13.7. The van der Waals surface area contributed by atoms with Crippen LogP contribution in [0.1, 0.15) is 46.9 Å². The highest BCUT2D eigenvalue weighted by Crippen LogP contribution is 2.30. The fourth-order valence-corrected chi connectivity index (χ4v) is 5.51. The van der Waals surface area contributed by atoms with Gasteiger partial charge in [0.25, 0.3) is 5.56 Å². The molecular formula is C31H26N2O5S. The summed E-state index contributed by atoms with van der Waals surface area (Å²) in [5.41, 5.74) is 3.62. The number of aromatic nitrogens is 1. The Labute approximate surface area is 229 Å². The quantitative estimate of drug-likeness (QED) is 0.270. The van der Waals surface area contributed by atoms with E-state index in [0.717, 1.165) is 16.7 Å². The van der Waals surface area contributed by atoms with Crippen molar-refractivity contribution >= 4 is 29.4 Å². The lowest BCUT2D eigenvalue weighted by Crippen LogP contribution is -2.39. The average Bonchev–Trinajstić information content (AvgIpc) is 3.23. The van der Waals surface area contributed by atoms with E-state index in [1.807, 2.05) is 49.4 Å². The van der Waals surface area contributed by atoms with Crippen molar-refractivity contribution in [3.8, 4) is 5.75 Å². The second kappa shape index (κ2) is 11.0. The normalized spacial score (nSPS) is 14.9. The Balaban J connectivity index is 1.49. The van der Waals surface area contributed by atoms with Crippen LogP contribution in [0.25, 0.3) is 6.08 Å². The Bertz CT molecular complexity index is 1770. The van der Waals surface area contributed by atoms with Crippen molar-refractivity contribution in [1.29, 1.82) is 0 Å². The molecule has 0 saturated carbocycles. The average molecular weight is 539 g/mol. The molecule has 0 spiro atoms. The fourth-order valence-electron chi connectivity index (χ4n) is 4.46. The van der Waals surface area contributed by atoms with Gasteiger partial charge in [0.2, 0.25) is 0 Å². The number of ether oxygens (including phenoxy) is 2. The Morgan fingerprint density at radius 2 is 1.72 bits per heavy atom. The zero-order chi connectivity index (χ0) is 27.5. The first-order chi connectivity index (χ1) is 18.9. The van der Waals surface area contributed by atoms with E-state index >= 15 is 0 Å². The van der Waals surface area contributed by atoms with Crippen LogP contribution in [-0.2, 0) is 9.53 Å². The van der Waals surface area contributed by atoms with Crippen LogP contribution < -0.4 is 19.6 Å². The zero-order valence-electron chi connectivity index (χ0n) is 21.7. The molecule has 39 heavy (non-hydrogen) atoms. The van der Waals surface area contributed by atoms with Gasteiger partial charge in [-0.25, -0.2) is 14.6 Å². The highest BCUT2D eigenvalue weighted by Gasteiger charge is 2.33. The second-order valence-electron chi connectivity index (χ2n) is 9.04. The molecule has 0 saturated heterocycles. The topological polar surface area (TPSA) is 87.0 Å². The number of allylic oxidation sites excluding steroid dienone is 1. The molecule has 1 aromatic heterocycles. The molecule has 0 bridgehead atoms. The minimum absolute atomic E-state index is 0.220. The van der Waals surface area contributed by atoms with Gasteiger partial charge in [0, 0.05) is 0 Å². The molecular weight excluding hydrogens is 512 g/mol. The Hall–Kier alpha value is -4.56. The lowest BCUT2D eigenvalue weighted by atomic mass is 9.96. The van der Waals surface area contributed by atoms with Crippen LogP contribution in [0.3, 0.4) is 0 Å². The number of rotatable bonds is 6. The van der Waals surface area contributed by atoms with Gasteiger partial charge in [0.15, 0.2) is 4.80 Å². The molecule has 1 aliphatic heterocycles. The number of nitrogens with zero attached hydrogens (tertiary/aromatic N) is 2. The van der Waals surface area contributed by atoms with Crippen molar-refractivity contribution < 1.29 is 19.1 Å². The van der Waals surface area contributed by atoms with Crippen molar-refractivity contribution in [3.63, 3.8) is 0 Å². The minimum atomic E-state index is -0.646. The molecule has 0 fully saturated rings. The van der Waals surface area contributed by atoms with E-state index in [-0.39, 0.29) is 12.2 Å². The maximum atomic E-state index is 13.7. The summed E-state index contributed by atoms with van der Waals surface area (Å²) < 4.78 is 12.8.